The average Bonchev–Trinajstić information content (AvgIpc) is 2.70. The molecular weight excluding hydrogens is 328 g/mol. The van der Waals surface area contributed by atoms with Crippen molar-refractivity contribution in [1.29, 1.82) is 0 Å². The average molecular weight is 341 g/mol. The number of halogens is 1. The molecule has 0 amide bonds. The van der Waals surface area contributed by atoms with Gasteiger partial charge in [0.05, 0.1) is 17.1 Å². The van der Waals surface area contributed by atoms with Crippen molar-refractivity contribution in [3.63, 3.8) is 0 Å². The van der Waals surface area contributed by atoms with Crippen LogP contribution in [0.2, 0.25) is 4.34 Å². The van der Waals surface area contributed by atoms with Crippen molar-refractivity contribution < 1.29 is 18.1 Å². The third kappa shape index (κ3) is 2.96. The number of ether oxygens (including phenoxy) is 1. The molecule has 1 aliphatic rings. The molecule has 0 atom stereocenters. The summed E-state index contributed by atoms with van der Waals surface area (Å²) in [4.78, 5) is 10.0. The second-order valence-electron chi connectivity index (χ2n) is 4.93. The van der Waals surface area contributed by atoms with Crippen LogP contribution in [0.25, 0.3) is 0 Å². The van der Waals surface area contributed by atoms with Crippen LogP contribution in [-0.4, -0.2) is 42.9 Å². The summed E-state index contributed by atoms with van der Waals surface area (Å²) in [5.74, 6) is 0. The van der Waals surface area contributed by atoms with E-state index in [9.17, 15) is 18.5 Å². The van der Waals surface area contributed by atoms with Crippen LogP contribution in [0.15, 0.2) is 10.3 Å². The molecule has 0 radical (unpaired) electrons. The lowest BCUT2D eigenvalue weighted by Gasteiger charge is -2.36. The van der Waals surface area contributed by atoms with Gasteiger partial charge in [0, 0.05) is 19.2 Å². The number of rotatable bonds is 3. The Balaban J connectivity index is 2.35. The van der Waals surface area contributed by atoms with Crippen LogP contribution in [0.4, 0.5) is 5.69 Å². The van der Waals surface area contributed by atoms with E-state index in [2.05, 4.69) is 0 Å². The third-order valence-corrected chi connectivity index (χ3v) is 6.46. The van der Waals surface area contributed by atoms with Gasteiger partial charge in [-0.1, -0.05) is 11.6 Å². The molecule has 0 spiro atoms. The van der Waals surface area contributed by atoms with Crippen LogP contribution in [0.5, 0.6) is 0 Å². The fourth-order valence-electron chi connectivity index (χ4n) is 1.90. The van der Waals surface area contributed by atoms with E-state index in [1.165, 1.54) is 4.31 Å². The van der Waals surface area contributed by atoms with Crippen LogP contribution in [0.1, 0.15) is 13.8 Å². The number of nitro groups is 1. The van der Waals surface area contributed by atoms with Crippen molar-refractivity contribution in [1.82, 2.24) is 4.31 Å². The Kier molecular flexibility index (Phi) is 4.09. The molecule has 1 aromatic rings. The SMILES string of the molecule is CC1(C)CN(S(=O)(=O)c2cc([N+](=O)[O-])c(Cl)s2)CCO1. The lowest BCUT2D eigenvalue weighted by Crippen LogP contribution is -2.50. The maximum absolute atomic E-state index is 12.5. The van der Waals surface area contributed by atoms with E-state index >= 15 is 0 Å². The van der Waals surface area contributed by atoms with Gasteiger partial charge in [-0.15, -0.1) is 11.3 Å². The minimum absolute atomic E-state index is 0.119. The second-order valence-corrected chi connectivity index (χ2v) is 8.75. The highest BCUT2D eigenvalue weighted by Gasteiger charge is 2.37. The maximum atomic E-state index is 12.5. The summed E-state index contributed by atoms with van der Waals surface area (Å²) in [6.45, 7) is 4.28. The molecule has 0 aromatic carbocycles. The highest BCUT2D eigenvalue weighted by Crippen LogP contribution is 2.38. The molecular formula is C10H13ClN2O5S2. The van der Waals surface area contributed by atoms with E-state index in [0.29, 0.717) is 11.3 Å². The Labute approximate surface area is 125 Å². The lowest BCUT2D eigenvalue weighted by atomic mass is 10.1. The summed E-state index contributed by atoms with van der Waals surface area (Å²) in [5.41, 5.74) is -0.971. The number of morpholine rings is 1. The molecule has 1 saturated heterocycles. The standard InChI is InChI=1S/C10H13ClN2O5S2/c1-10(2)6-12(3-4-18-10)20(16,17)8-5-7(13(14)15)9(11)19-8/h5H,3-4,6H2,1-2H3. The number of sulfonamides is 1. The van der Waals surface area contributed by atoms with Gasteiger partial charge in [-0.25, -0.2) is 8.42 Å². The Bertz CT molecular complexity index is 640. The van der Waals surface area contributed by atoms with Gasteiger partial charge < -0.3 is 4.74 Å². The first kappa shape index (κ1) is 15.6. The first-order valence-electron chi connectivity index (χ1n) is 5.71. The fraction of sp³-hybridized carbons (Fsp3) is 0.600. The molecule has 0 aliphatic carbocycles. The quantitative estimate of drug-likeness (QED) is 0.621. The molecule has 1 aromatic heterocycles. The smallest absolute Gasteiger partial charge is 0.300 e. The summed E-state index contributed by atoms with van der Waals surface area (Å²) < 4.78 is 31.4. The Hall–Kier alpha value is -0.740. The van der Waals surface area contributed by atoms with Crippen LogP contribution in [-0.2, 0) is 14.8 Å². The third-order valence-electron chi connectivity index (χ3n) is 2.83. The van der Waals surface area contributed by atoms with Crippen molar-refractivity contribution in [2.45, 2.75) is 23.7 Å². The van der Waals surface area contributed by atoms with E-state index < -0.39 is 20.5 Å². The minimum Gasteiger partial charge on any atom is -0.373 e. The summed E-state index contributed by atoms with van der Waals surface area (Å²) in [6, 6.07) is 1.00. The normalized spacial score (nSPS) is 19.9. The molecule has 2 rings (SSSR count). The van der Waals surface area contributed by atoms with E-state index in [4.69, 9.17) is 16.3 Å². The van der Waals surface area contributed by atoms with Crippen molar-refractivity contribution in [3.05, 3.63) is 20.5 Å². The minimum atomic E-state index is -3.79. The summed E-state index contributed by atoms with van der Waals surface area (Å²) >= 11 is 6.41. The molecule has 7 nitrogen and oxygen atoms in total. The first-order chi connectivity index (χ1) is 9.13. The molecule has 10 heteroatoms. The van der Waals surface area contributed by atoms with E-state index in [1.54, 1.807) is 13.8 Å². The molecule has 2 heterocycles. The molecule has 112 valence electrons. The van der Waals surface area contributed by atoms with Crippen molar-refractivity contribution in [2.24, 2.45) is 0 Å². The van der Waals surface area contributed by atoms with Gasteiger partial charge in [0.2, 0.25) is 0 Å². The molecule has 0 N–H and O–H groups in total. The number of thiophene rings is 1. The Morgan fingerprint density at radius 2 is 2.20 bits per heavy atom. The Morgan fingerprint density at radius 3 is 2.70 bits per heavy atom. The predicted octanol–water partition coefficient (Wildman–Crippen LogP) is 2.11. The van der Waals surface area contributed by atoms with Crippen LogP contribution >= 0.6 is 22.9 Å². The van der Waals surface area contributed by atoms with Gasteiger partial charge in [0.25, 0.3) is 15.7 Å². The van der Waals surface area contributed by atoms with E-state index in [-0.39, 0.29) is 33.9 Å². The predicted molar refractivity (Wildman–Crippen MR) is 74.8 cm³/mol. The van der Waals surface area contributed by atoms with Crippen molar-refractivity contribution in [3.8, 4) is 0 Å². The zero-order valence-corrected chi connectivity index (χ0v) is 13.2. The largest absolute Gasteiger partial charge is 0.373 e. The highest BCUT2D eigenvalue weighted by molar-refractivity contribution is 7.91. The molecule has 0 bridgehead atoms. The lowest BCUT2D eigenvalue weighted by molar-refractivity contribution is -0.384. The molecule has 1 fully saturated rings. The zero-order chi connectivity index (χ0) is 15.1. The van der Waals surface area contributed by atoms with Gasteiger partial charge in [0.15, 0.2) is 4.34 Å². The van der Waals surface area contributed by atoms with Gasteiger partial charge in [-0.05, 0) is 13.8 Å². The fourth-order valence-corrected chi connectivity index (χ4v) is 5.29. The van der Waals surface area contributed by atoms with Crippen molar-refractivity contribution in [2.75, 3.05) is 19.7 Å². The maximum Gasteiger partial charge on any atom is 0.300 e. The van der Waals surface area contributed by atoms with Crippen LogP contribution in [0.3, 0.4) is 0 Å². The zero-order valence-electron chi connectivity index (χ0n) is 10.8. The number of nitrogens with zero attached hydrogens (tertiary/aromatic N) is 2. The molecule has 1 aliphatic heterocycles. The highest BCUT2D eigenvalue weighted by atomic mass is 35.5. The summed E-state index contributed by atoms with van der Waals surface area (Å²) in [7, 11) is -3.79. The van der Waals surface area contributed by atoms with E-state index in [1.807, 2.05) is 0 Å². The Morgan fingerprint density at radius 1 is 1.55 bits per heavy atom. The monoisotopic (exact) mass is 340 g/mol. The van der Waals surface area contributed by atoms with E-state index in [0.717, 1.165) is 6.07 Å². The van der Waals surface area contributed by atoms with Gasteiger partial charge in [-0.2, -0.15) is 4.31 Å². The molecule has 0 saturated carbocycles. The second kappa shape index (κ2) is 5.23. The number of hydrogen-bond donors (Lipinski definition) is 0. The van der Waals surface area contributed by atoms with Gasteiger partial charge in [0.1, 0.15) is 4.21 Å². The molecule has 20 heavy (non-hydrogen) atoms. The summed E-state index contributed by atoms with van der Waals surface area (Å²) in [5, 5.41) is 10.7. The topological polar surface area (TPSA) is 89.8 Å². The van der Waals surface area contributed by atoms with Crippen molar-refractivity contribution >= 4 is 38.6 Å². The van der Waals surface area contributed by atoms with Gasteiger partial charge in [-0.3, -0.25) is 10.1 Å². The van der Waals surface area contributed by atoms with Gasteiger partial charge >= 0.3 is 0 Å². The summed E-state index contributed by atoms with van der Waals surface area (Å²) in [6.07, 6.45) is 0. The van der Waals surface area contributed by atoms with Crippen LogP contribution < -0.4 is 0 Å². The van der Waals surface area contributed by atoms with Crippen LogP contribution in [0, 0.1) is 10.1 Å². The first-order valence-corrected chi connectivity index (χ1v) is 8.35. The molecule has 0 unspecified atom stereocenters. The number of hydrogen-bond acceptors (Lipinski definition) is 6.